The third-order valence-corrected chi connectivity index (χ3v) is 4.25. The Morgan fingerprint density at radius 1 is 1.30 bits per heavy atom. The van der Waals surface area contributed by atoms with Crippen LogP contribution in [0, 0.1) is 11.7 Å². The third-order valence-electron chi connectivity index (χ3n) is 4.25. The summed E-state index contributed by atoms with van der Waals surface area (Å²) < 4.78 is 18.9. The first-order valence-corrected chi connectivity index (χ1v) is 8.00. The van der Waals surface area contributed by atoms with E-state index in [1.807, 2.05) is 11.0 Å². The Bertz CT molecular complexity index is 638. The van der Waals surface area contributed by atoms with Crippen molar-refractivity contribution in [1.29, 1.82) is 0 Å². The molecule has 1 heterocycles. The molecule has 1 amide bonds. The lowest BCUT2D eigenvalue weighted by Gasteiger charge is -2.27. The predicted molar refractivity (Wildman–Crippen MR) is 86.5 cm³/mol. The Labute approximate surface area is 135 Å². The van der Waals surface area contributed by atoms with Crippen molar-refractivity contribution in [2.45, 2.75) is 25.8 Å². The van der Waals surface area contributed by atoms with Crippen LogP contribution < -0.4 is 10.2 Å². The first-order valence-electron chi connectivity index (χ1n) is 8.00. The fourth-order valence-electron chi connectivity index (χ4n) is 2.69. The fraction of sp³-hybridized carbons (Fsp3) is 0.389. The first-order chi connectivity index (χ1) is 11.2. The predicted octanol–water partition coefficient (Wildman–Crippen LogP) is 3.34. The minimum Gasteiger partial charge on any atom is -0.467 e. The van der Waals surface area contributed by atoms with Crippen molar-refractivity contribution >= 4 is 11.6 Å². The SMILES string of the molecule is O=C(CN(Cc1ccco1)c1cccc(F)c1)NCC1CCC1. The Morgan fingerprint density at radius 3 is 2.83 bits per heavy atom. The van der Waals surface area contributed by atoms with Gasteiger partial charge in [0.15, 0.2) is 0 Å². The molecule has 1 saturated carbocycles. The Balaban J connectivity index is 1.65. The average molecular weight is 316 g/mol. The van der Waals surface area contributed by atoms with Crippen molar-refractivity contribution in [1.82, 2.24) is 5.32 Å². The van der Waals surface area contributed by atoms with Gasteiger partial charge in [0, 0.05) is 12.2 Å². The standard InChI is InChI=1S/C18H21FN2O2/c19-15-6-2-7-16(10-15)21(12-17-8-3-9-23-17)13-18(22)20-11-14-4-1-5-14/h2-3,6-10,14H,1,4-5,11-13H2,(H,20,22). The van der Waals surface area contributed by atoms with Crippen LogP contribution in [0.1, 0.15) is 25.0 Å². The average Bonchev–Trinajstić information content (AvgIpc) is 2.98. The molecule has 0 atom stereocenters. The molecule has 1 aromatic carbocycles. The summed E-state index contributed by atoms with van der Waals surface area (Å²) in [5, 5.41) is 2.97. The summed E-state index contributed by atoms with van der Waals surface area (Å²) in [6, 6.07) is 9.92. The maximum Gasteiger partial charge on any atom is 0.239 e. The van der Waals surface area contributed by atoms with E-state index in [0.29, 0.717) is 18.2 Å². The van der Waals surface area contributed by atoms with Crippen LogP contribution in [0.4, 0.5) is 10.1 Å². The van der Waals surface area contributed by atoms with Gasteiger partial charge in [0.05, 0.1) is 19.4 Å². The number of furan rings is 1. The molecular formula is C18H21FN2O2. The Kier molecular flexibility index (Phi) is 4.95. The summed E-state index contributed by atoms with van der Waals surface area (Å²) in [5.41, 5.74) is 0.667. The number of carbonyl (C=O) groups excluding carboxylic acids is 1. The highest BCUT2D eigenvalue weighted by Gasteiger charge is 2.19. The summed E-state index contributed by atoms with van der Waals surface area (Å²) in [5.74, 6) is 0.988. The molecule has 1 aromatic heterocycles. The topological polar surface area (TPSA) is 45.5 Å². The Hall–Kier alpha value is -2.30. The molecule has 5 heteroatoms. The van der Waals surface area contributed by atoms with E-state index in [1.54, 1.807) is 24.5 Å². The second-order valence-corrected chi connectivity index (χ2v) is 6.02. The molecule has 0 spiro atoms. The first kappa shape index (κ1) is 15.6. The monoisotopic (exact) mass is 316 g/mol. The normalized spacial score (nSPS) is 14.3. The number of carbonyl (C=O) groups is 1. The van der Waals surface area contributed by atoms with Crippen molar-refractivity contribution in [3.8, 4) is 0 Å². The molecule has 1 aliphatic rings. The fourth-order valence-corrected chi connectivity index (χ4v) is 2.69. The molecule has 0 saturated heterocycles. The maximum atomic E-state index is 13.5. The number of nitrogens with zero attached hydrogens (tertiary/aromatic N) is 1. The van der Waals surface area contributed by atoms with E-state index in [1.165, 1.54) is 31.4 Å². The van der Waals surface area contributed by atoms with Gasteiger partial charge in [-0.25, -0.2) is 4.39 Å². The molecule has 0 unspecified atom stereocenters. The van der Waals surface area contributed by atoms with Crippen molar-refractivity contribution in [3.63, 3.8) is 0 Å². The van der Waals surface area contributed by atoms with Crippen molar-refractivity contribution < 1.29 is 13.6 Å². The molecule has 4 nitrogen and oxygen atoms in total. The quantitative estimate of drug-likeness (QED) is 0.852. The Morgan fingerprint density at radius 2 is 2.17 bits per heavy atom. The highest BCUT2D eigenvalue weighted by molar-refractivity contribution is 5.81. The lowest BCUT2D eigenvalue weighted by atomic mass is 9.85. The number of benzene rings is 1. The van der Waals surface area contributed by atoms with Gasteiger partial charge in [0.2, 0.25) is 5.91 Å². The zero-order chi connectivity index (χ0) is 16.1. The van der Waals surface area contributed by atoms with Crippen LogP contribution in [-0.2, 0) is 11.3 Å². The minimum absolute atomic E-state index is 0.0484. The molecule has 0 bridgehead atoms. The minimum atomic E-state index is -0.318. The van der Waals surface area contributed by atoms with E-state index in [0.717, 1.165) is 12.3 Å². The number of hydrogen-bond acceptors (Lipinski definition) is 3. The highest BCUT2D eigenvalue weighted by atomic mass is 19.1. The van der Waals surface area contributed by atoms with Gasteiger partial charge in [0.1, 0.15) is 11.6 Å². The van der Waals surface area contributed by atoms with Gasteiger partial charge in [0.25, 0.3) is 0 Å². The molecule has 1 N–H and O–H groups in total. The van der Waals surface area contributed by atoms with Gasteiger partial charge in [-0.3, -0.25) is 4.79 Å². The van der Waals surface area contributed by atoms with Crippen molar-refractivity contribution in [3.05, 3.63) is 54.2 Å². The molecule has 2 aromatic rings. The van der Waals surface area contributed by atoms with Gasteiger partial charge >= 0.3 is 0 Å². The van der Waals surface area contributed by atoms with E-state index in [9.17, 15) is 9.18 Å². The van der Waals surface area contributed by atoms with Crippen LogP contribution in [0.25, 0.3) is 0 Å². The molecule has 23 heavy (non-hydrogen) atoms. The number of anilines is 1. The van der Waals surface area contributed by atoms with Crippen LogP contribution in [0.15, 0.2) is 47.1 Å². The van der Waals surface area contributed by atoms with Gasteiger partial charge in [-0.05, 0) is 49.1 Å². The van der Waals surface area contributed by atoms with E-state index >= 15 is 0 Å². The summed E-state index contributed by atoms with van der Waals surface area (Å²) in [6.07, 6.45) is 5.24. The van der Waals surface area contributed by atoms with Crippen LogP contribution >= 0.6 is 0 Å². The van der Waals surface area contributed by atoms with E-state index in [2.05, 4.69) is 5.32 Å². The molecule has 0 aliphatic heterocycles. The number of rotatable bonds is 7. The number of hydrogen-bond donors (Lipinski definition) is 1. The van der Waals surface area contributed by atoms with E-state index in [4.69, 9.17) is 4.42 Å². The summed E-state index contributed by atoms with van der Waals surface area (Å²) in [6.45, 7) is 1.33. The number of amides is 1. The highest BCUT2D eigenvalue weighted by Crippen LogP contribution is 2.25. The zero-order valence-corrected chi connectivity index (χ0v) is 13.0. The molecule has 0 radical (unpaired) electrons. The molecule has 1 aliphatic carbocycles. The second kappa shape index (κ2) is 7.31. The second-order valence-electron chi connectivity index (χ2n) is 6.02. The van der Waals surface area contributed by atoms with Crippen LogP contribution in [-0.4, -0.2) is 19.0 Å². The molecule has 1 fully saturated rings. The molecule has 3 rings (SSSR count). The van der Waals surface area contributed by atoms with Gasteiger partial charge in [-0.2, -0.15) is 0 Å². The third kappa shape index (κ3) is 4.34. The van der Waals surface area contributed by atoms with E-state index in [-0.39, 0.29) is 18.3 Å². The summed E-state index contributed by atoms with van der Waals surface area (Å²) in [7, 11) is 0. The lowest BCUT2D eigenvalue weighted by Crippen LogP contribution is -2.40. The van der Waals surface area contributed by atoms with Crippen LogP contribution in [0.3, 0.4) is 0 Å². The summed E-state index contributed by atoms with van der Waals surface area (Å²) >= 11 is 0. The number of nitrogens with one attached hydrogen (secondary N) is 1. The van der Waals surface area contributed by atoms with E-state index < -0.39 is 0 Å². The van der Waals surface area contributed by atoms with Gasteiger partial charge < -0.3 is 14.6 Å². The van der Waals surface area contributed by atoms with Crippen LogP contribution in [0.5, 0.6) is 0 Å². The zero-order valence-electron chi connectivity index (χ0n) is 13.0. The smallest absolute Gasteiger partial charge is 0.239 e. The lowest BCUT2D eigenvalue weighted by molar-refractivity contribution is -0.120. The number of halogens is 1. The van der Waals surface area contributed by atoms with Crippen molar-refractivity contribution in [2.75, 3.05) is 18.0 Å². The summed E-state index contributed by atoms with van der Waals surface area (Å²) in [4.78, 5) is 14.0. The van der Waals surface area contributed by atoms with Gasteiger partial charge in [-0.1, -0.05) is 12.5 Å². The van der Waals surface area contributed by atoms with Gasteiger partial charge in [-0.15, -0.1) is 0 Å². The van der Waals surface area contributed by atoms with Crippen molar-refractivity contribution in [2.24, 2.45) is 5.92 Å². The van der Waals surface area contributed by atoms with Crippen LogP contribution in [0.2, 0.25) is 0 Å². The molecular weight excluding hydrogens is 295 g/mol. The molecule has 122 valence electrons. The maximum absolute atomic E-state index is 13.5. The largest absolute Gasteiger partial charge is 0.467 e.